The SMILES string of the molecule is c1ccc2c(c1)-c1cccnc1CC1CCC21. The van der Waals surface area contributed by atoms with Crippen molar-refractivity contribution in [2.24, 2.45) is 5.92 Å². The number of aromatic nitrogens is 1. The van der Waals surface area contributed by atoms with Gasteiger partial charge in [-0.3, -0.25) is 4.98 Å². The molecule has 0 amide bonds. The van der Waals surface area contributed by atoms with E-state index in [1.807, 2.05) is 6.20 Å². The molecule has 84 valence electrons. The minimum Gasteiger partial charge on any atom is -0.261 e. The van der Waals surface area contributed by atoms with Crippen LogP contribution < -0.4 is 0 Å². The highest BCUT2D eigenvalue weighted by molar-refractivity contribution is 5.71. The van der Waals surface area contributed by atoms with E-state index in [-0.39, 0.29) is 0 Å². The molecular weight excluding hydrogens is 206 g/mol. The average Bonchev–Trinajstić information content (AvgIpc) is 2.44. The van der Waals surface area contributed by atoms with E-state index in [4.69, 9.17) is 0 Å². The van der Waals surface area contributed by atoms with Crippen LogP contribution in [-0.2, 0) is 6.42 Å². The Morgan fingerprint density at radius 2 is 1.82 bits per heavy atom. The number of pyridine rings is 1. The van der Waals surface area contributed by atoms with Crippen LogP contribution in [0.2, 0.25) is 0 Å². The number of nitrogens with zero attached hydrogens (tertiary/aromatic N) is 1. The lowest BCUT2D eigenvalue weighted by molar-refractivity contribution is 0.255. The van der Waals surface area contributed by atoms with E-state index in [1.54, 1.807) is 5.56 Å². The van der Waals surface area contributed by atoms with E-state index in [9.17, 15) is 0 Å². The highest BCUT2D eigenvalue weighted by atomic mass is 14.7. The van der Waals surface area contributed by atoms with Gasteiger partial charge in [0.05, 0.1) is 0 Å². The van der Waals surface area contributed by atoms with Crippen LogP contribution >= 0.6 is 0 Å². The standard InChI is InChI=1S/C16H15N/c1-2-5-14-13(4-1)12-8-7-11(12)10-16-15(14)6-3-9-17-16/h1-6,9,11-12H,7-8,10H2. The fourth-order valence-electron chi connectivity index (χ4n) is 3.38. The molecule has 0 radical (unpaired) electrons. The number of hydrogen-bond acceptors (Lipinski definition) is 1. The van der Waals surface area contributed by atoms with Gasteiger partial charge >= 0.3 is 0 Å². The second-order valence-electron chi connectivity index (χ2n) is 5.23. The first kappa shape index (κ1) is 9.41. The smallest absolute Gasteiger partial charge is 0.0484 e. The summed E-state index contributed by atoms with van der Waals surface area (Å²) in [5.41, 5.74) is 5.63. The van der Waals surface area contributed by atoms with Gasteiger partial charge in [0.15, 0.2) is 0 Å². The fourth-order valence-corrected chi connectivity index (χ4v) is 3.38. The molecule has 1 aromatic carbocycles. The fraction of sp³-hybridized carbons (Fsp3) is 0.312. The first-order valence-corrected chi connectivity index (χ1v) is 6.46. The van der Waals surface area contributed by atoms with Gasteiger partial charge in [0.2, 0.25) is 0 Å². The maximum atomic E-state index is 4.60. The van der Waals surface area contributed by atoms with Gasteiger partial charge in [-0.1, -0.05) is 30.3 Å². The first-order valence-electron chi connectivity index (χ1n) is 6.46. The minimum atomic E-state index is 0.778. The summed E-state index contributed by atoms with van der Waals surface area (Å²) in [7, 11) is 0. The van der Waals surface area contributed by atoms with E-state index in [0.29, 0.717) is 0 Å². The molecule has 1 aromatic heterocycles. The van der Waals surface area contributed by atoms with Crippen LogP contribution in [0.5, 0.6) is 0 Å². The summed E-state index contributed by atoms with van der Waals surface area (Å²) in [6.07, 6.45) is 5.82. The average molecular weight is 221 g/mol. The second kappa shape index (κ2) is 3.43. The minimum absolute atomic E-state index is 0.778. The van der Waals surface area contributed by atoms with Crippen molar-refractivity contribution in [3.8, 4) is 11.1 Å². The van der Waals surface area contributed by atoms with Crippen molar-refractivity contribution in [3.05, 3.63) is 53.9 Å². The van der Waals surface area contributed by atoms with Crippen LogP contribution in [0.25, 0.3) is 11.1 Å². The van der Waals surface area contributed by atoms with Crippen LogP contribution in [0.1, 0.15) is 30.0 Å². The zero-order valence-electron chi connectivity index (χ0n) is 9.76. The Morgan fingerprint density at radius 1 is 0.941 bits per heavy atom. The Bertz CT molecular complexity index is 573. The number of hydrogen-bond donors (Lipinski definition) is 0. The summed E-state index contributed by atoms with van der Waals surface area (Å²) in [6, 6.07) is 13.2. The third-order valence-electron chi connectivity index (χ3n) is 4.41. The Hall–Kier alpha value is -1.63. The lowest BCUT2D eigenvalue weighted by Crippen LogP contribution is -2.24. The molecule has 4 rings (SSSR count). The third-order valence-corrected chi connectivity index (χ3v) is 4.41. The highest BCUT2D eigenvalue weighted by Crippen LogP contribution is 2.50. The Kier molecular flexibility index (Phi) is 1.90. The predicted molar refractivity (Wildman–Crippen MR) is 68.8 cm³/mol. The first-order chi connectivity index (χ1) is 8.43. The van der Waals surface area contributed by atoms with Gasteiger partial charge < -0.3 is 0 Å². The Labute approximate surface area is 102 Å². The van der Waals surface area contributed by atoms with Crippen LogP contribution in [0.15, 0.2) is 42.6 Å². The van der Waals surface area contributed by atoms with Crippen molar-refractivity contribution in [2.45, 2.75) is 25.2 Å². The molecule has 0 aliphatic heterocycles. The molecule has 2 aliphatic rings. The summed E-state index contributed by atoms with van der Waals surface area (Å²) in [6.45, 7) is 0. The number of rotatable bonds is 0. The molecule has 1 nitrogen and oxygen atoms in total. The number of benzene rings is 1. The van der Waals surface area contributed by atoms with Crippen molar-refractivity contribution in [2.75, 3.05) is 0 Å². The summed E-state index contributed by atoms with van der Waals surface area (Å²) in [5.74, 6) is 1.60. The lowest BCUT2D eigenvalue weighted by Gasteiger charge is -2.36. The molecule has 2 aliphatic carbocycles. The summed E-state index contributed by atoms with van der Waals surface area (Å²) < 4.78 is 0. The van der Waals surface area contributed by atoms with Crippen LogP contribution in [-0.4, -0.2) is 4.98 Å². The molecule has 17 heavy (non-hydrogen) atoms. The van der Waals surface area contributed by atoms with E-state index in [0.717, 1.165) is 18.3 Å². The highest BCUT2D eigenvalue weighted by Gasteiger charge is 2.36. The molecule has 0 saturated heterocycles. The van der Waals surface area contributed by atoms with Gasteiger partial charge in [-0.15, -0.1) is 0 Å². The molecule has 1 heteroatoms. The summed E-state index contributed by atoms with van der Waals surface area (Å²) >= 11 is 0. The van der Waals surface area contributed by atoms with E-state index in [2.05, 4.69) is 41.4 Å². The normalized spacial score (nSPS) is 24.9. The van der Waals surface area contributed by atoms with Gasteiger partial charge in [0.1, 0.15) is 0 Å². The molecule has 1 fully saturated rings. The zero-order chi connectivity index (χ0) is 11.2. The molecular formula is C16H15N. The predicted octanol–water partition coefficient (Wildman–Crippen LogP) is 3.80. The van der Waals surface area contributed by atoms with Gasteiger partial charge in [0.25, 0.3) is 0 Å². The van der Waals surface area contributed by atoms with Gasteiger partial charge in [-0.2, -0.15) is 0 Å². The monoisotopic (exact) mass is 221 g/mol. The maximum Gasteiger partial charge on any atom is 0.0484 e. The Morgan fingerprint density at radius 3 is 2.71 bits per heavy atom. The lowest BCUT2D eigenvalue weighted by atomic mass is 9.68. The third kappa shape index (κ3) is 1.28. The van der Waals surface area contributed by atoms with E-state index < -0.39 is 0 Å². The summed E-state index contributed by atoms with van der Waals surface area (Å²) in [5, 5.41) is 0. The van der Waals surface area contributed by atoms with Crippen molar-refractivity contribution in [1.82, 2.24) is 4.98 Å². The Balaban J connectivity index is 2.01. The van der Waals surface area contributed by atoms with Gasteiger partial charge in [-0.05, 0) is 48.3 Å². The molecule has 2 aromatic rings. The van der Waals surface area contributed by atoms with Crippen molar-refractivity contribution in [1.29, 1.82) is 0 Å². The molecule has 0 spiro atoms. The van der Waals surface area contributed by atoms with Gasteiger partial charge in [-0.25, -0.2) is 0 Å². The van der Waals surface area contributed by atoms with Crippen LogP contribution in [0.4, 0.5) is 0 Å². The van der Waals surface area contributed by atoms with Crippen molar-refractivity contribution in [3.63, 3.8) is 0 Å². The van der Waals surface area contributed by atoms with E-state index >= 15 is 0 Å². The van der Waals surface area contributed by atoms with Crippen LogP contribution in [0.3, 0.4) is 0 Å². The summed E-state index contributed by atoms with van der Waals surface area (Å²) in [4.78, 5) is 4.60. The van der Waals surface area contributed by atoms with Crippen molar-refractivity contribution >= 4 is 0 Å². The molecule has 2 unspecified atom stereocenters. The molecule has 0 N–H and O–H groups in total. The molecule has 1 heterocycles. The molecule has 2 atom stereocenters. The van der Waals surface area contributed by atoms with Crippen LogP contribution in [0, 0.1) is 5.92 Å². The zero-order valence-corrected chi connectivity index (χ0v) is 9.76. The largest absolute Gasteiger partial charge is 0.261 e. The number of fused-ring (bicyclic) bond motifs is 5. The van der Waals surface area contributed by atoms with E-state index in [1.165, 1.54) is 29.7 Å². The van der Waals surface area contributed by atoms with Gasteiger partial charge in [0, 0.05) is 17.5 Å². The van der Waals surface area contributed by atoms with Crippen molar-refractivity contribution < 1.29 is 0 Å². The maximum absolute atomic E-state index is 4.60. The quantitative estimate of drug-likeness (QED) is 0.659. The molecule has 1 saturated carbocycles. The topological polar surface area (TPSA) is 12.9 Å². The molecule has 0 bridgehead atoms. The second-order valence-corrected chi connectivity index (χ2v) is 5.23.